The highest BCUT2D eigenvalue weighted by atomic mass is 19.3. The van der Waals surface area contributed by atoms with E-state index in [0.29, 0.717) is 12.8 Å². The Morgan fingerprint density at radius 1 is 1.43 bits per heavy atom. The zero-order chi connectivity index (χ0) is 10.8. The largest absolute Gasteiger partial charge is 0.466 e. The van der Waals surface area contributed by atoms with Crippen molar-refractivity contribution in [3.8, 4) is 0 Å². The van der Waals surface area contributed by atoms with Crippen molar-refractivity contribution in [3.63, 3.8) is 0 Å². The van der Waals surface area contributed by atoms with E-state index in [0.717, 1.165) is 0 Å². The van der Waals surface area contributed by atoms with Crippen molar-refractivity contribution in [1.82, 2.24) is 0 Å². The minimum Gasteiger partial charge on any atom is -0.466 e. The molecular weight excluding hydrogens is 194 g/mol. The summed E-state index contributed by atoms with van der Waals surface area (Å²) in [6, 6.07) is 0. The van der Waals surface area contributed by atoms with E-state index in [1.807, 2.05) is 0 Å². The lowest BCUT2D eigenvalue weighted by atomic mass is 10.1. The second-order valence-corrected chi connectivity index (χ2v) is 3.30. The molecule has 0 aromatic carbocycles. The van der Waals surface area contributed by atoms with Gasteiger partial charge in [-0.3, -0.25) is 9.59 Å². The third-order valence-corrected chi connectivity index (χ3v) is 2.07. The van der Waals surface area contributed by atoms with Gasteiger partial charge in [0.1, 0.15) is 6.42 Å². The van der Waals surface area contributed by atoms with Gasteiger partial charge in [0.2, 0.25) is 5.78 Å². The van der Waals surface area contributed by atoms with E-state index in [4.69, 9.17) is 0 Å². The van der Waals surface area contributed by atoms with E-state index in [1.54, 1.807) is 6.92 Å². The van der Waals surface area contributed by atoms with Crippen molar-refractivity contribution in [1.29, 1.82) is 0 Å². The Labute approximate surface area is 80.4 Å². The first kappa shape index (κ1) is 11.1. The van der Waals surface area contributed by atoms with Crippen molar-refractivity contribution in [2.45, 2.75) is 32.1 Å². The number of rotatable bonds is 5. The first-order valence-electron chi connectivity index (χ1n) is 4.55. The van der Waals surface area contributed by atoms with Crippen LogP contribution in [-0.2, 0) is 14.3 Å². The Morgan fingerprint density at radius 3 is 2.43 bits per heavy atom. The van der Waals surface area contributed by atoms with E-state index < -0.39 is 30.0 Å². The van der Waals surface area contributed by atoms with E-state index >= 15 is 0 Å². The van der Waals surface area contributed by atoms with Gasteiger partial charge < -0.3 is 4.74 Å². The lowest BCUT2D eigenvalue weighted by molar-refractivity contribution is -0.155. The van der Waals surface area contributed by atoms with Gasteiger partial charge in [0.15, 0.2) is 0 Å². The quantitative estimate of drug-likeness (QED) is 0.506. The Hall–Kier alpha value is -1.00. The summed E-state index contributed by atoms with van der Waals surface area (Å²) in [5.41, 5.74) is 0. The molecule has 14 heavy (non-hydrogen) atoms. The summed E-state index contributed by atoms with van der Waals surface area (Å²) in [5.74, 6) is -6.40. The molecule has 0 saturated heterocycles. The van der Waals surface area contributed by atoms with Crippen molar-refractivity contribution in [2.24, 2.45) is 5.92 Å². The van der Waals surface area contributed by atoms with Gasteiger partial charge in [-0.2, -0.15) is 8.78 Å². The third kappa shape index (κ3) is 2.49. The van der Waals surface area contributed by atoms with Gasteiger partial charge in [0.05, 0.1) is 6.61 Å². The van der Waals surface area contributed by atoms with E-state index in [9.17, 15) is 18.4 Å². The summed E-state index contributed by atoms with van der Waals surface area (Å²) in [4.78, 5) is 21.7. The van der Waals surface area contributed by atoms with E-state index in [-0.39, 0.29) is 6.61 Å². The number of Topliss-reactive ketones (excluding diaryl/α,β-unsaturated/α-hetero) is 1. The number of carbonyl (C=O) groups is 2. The Morgan fingerprint density at radius 2 is 2.00 bits per heavy atom. The third-order valence-electron chi connectivity index (χ3n) is 2.07. The fourth-order valence-corrected chi connectivity index (χ4v) is 1.13. The SMILES string of the molecule is CCOC(=O)CC(=O)C(F)(F)C1CC1. The molecular formula is C9H12F2O3. The normalized spacial score (nSPS) is 16.5. The van der Waals surface area contributed by atoms with Crippen molar-refractivity contribution >= 4 is 11.8 Å². The molecule has 0 amide bonds. The van der Waals surface area contributed by atoms with Crippen molar-refractivity contribution in [3.05, 3.63) is 0 Å². The molecule has 0 heterocycles. The van der Waals surface area contributed by atoms with Crippen LogP contribution in [0.4, 0.5) is 8.78 Å². The molecule has 80 valence electrons. The minimum atomic E-state index is -3.34. The second kappa shape index (κ2) is 4.02. The van der Waals surface area contributed by atoms with Gasteiger partial charge in [-0.15, -0.1) is 0 Å². The molecule has 0 aromatic rings. The average Bonchev–Trinajstić information content (AvgIpc) is 2.86. The van der Waals surface area contributed by atoms with E-state index in [2.05, 4.69) is 4.74 Å². The topological polar surface area (TPSA) is 43.4 Å². The van der Waals surface area contributed by atoms with Gasteiger partial charge in [0, 0.05) is 5.92 Å². The van der Waals surface area contributed by atoms with Crippen LogP contribution in [0.25, 0.3) is 0 Å². The highest BCUT2D eigenvalue weighted by molar-refractivity contribution is 5.99. The number of ether oxygens (including phenoxy) is 1. The number of ketones is 1. The number of alkyl halides is 2. The summed E-state index contributed by atoms with van der Waals surface area (Å²) in [6.45, 7) is 1.66. The highest BCUT2D eigenvalue weighted by Gasteiger charge is 2.52. The minimum absolute atomic E-state index is 0.0983. The van der Waals surface area contributed by atoms with Crippen LogP contribution in [0.1, 0.15) is 26.2 Å². The number of esters is 1. The standard InChI is InChI=1S/C9H12F2O3/c1-2-14-8(13)5-7(12)9(10,11)6-3-4-6/h6H,2-5H2,1H3. The summed E-state index contributed by atoms with van der Waals surface area (Å²) < 4.78 is 30.5. The summed E-state index contributed by atoms with van der Waals surface area (Å²) in [5, 5.41) is 0. The Bertz CT molecular complexity index is 246. The molecule has 1 aliphatic rings. The fraction of sp³-hybridized carbons (Fsp3) is 0.778. The molecule has 1 rings (SSSR count). The molecule has 3 nitrogen and oxygen atoms in total. The maximum Gasteiger partial charge on any atom is 0.313 e. The number of halogens is 2. The number of carbonyl (C=O) groups excluding carboxylic acids is 2. The molecule has 0 bridgehead atoms. The lowest BCUT2D eigenvalue weighted by Gasteiger charge is -2.12. The van der Waals surface area contributed by atoms with Crippen molar-refractivity contribution in [2.75, 3.05) is 6.61 Å². The van der Waals surface area contributed by atoms with Gasteiger partial charge in [-0.1, -0.05) is 0 Å². The molecule has 0 N–H and O–H groups in total. The zero-order valence-corrected chi connectivity index (χ0v) is 7.89. The van der Waals surface area contributed by atoms with Crippen LogP contribution in [0, 0.1) is 5.92 Å². The second-order valence-electron chi connectivity index (χ2n) is 3.30. The monoisotopic (exact) mass is 206 g/mol. The summed E-state index contributed by atoms with van der Waals surface area (Å²) in [6.07, 6.45) is -0.0968. The molecule has 1 saturated carbocycles. The lowest BCUT2D eigenvalue weighted by Crippen LogP contribution is -2.33. The Balaban J connectivity index is 2.44. The van der Waals surface area contributed by atoms with Crippen molar-refractivity contribution < 1.29 is 23.1 Å². The smallest absolute Gasteiger partial charge is 0.313 e. The molecule has 0 atom stereocenters. The first-order valence-corrected chi connectivity index (χ1v) is 4.55. The predicted molar refractivity (Wildman–Crippen MR) is 43.9 cm³/mol. The fourth-order valence-electron chi connectivity index (χ4n) is 1.13. The van der Waals surface area contributed by atoms with Crippen LogP contribution in [-0.4, -0.2) is 24.3 Å². The maximum absolute atomic E-state index is 13.0. The highest BCUT2D eigenvalue weighted by Crippen LogP contribution is 2.44. The van der Waals surface area contributed by atoms with Crippen LogP contribution in [0.2, 0.25) is 0 Å². The Kier molecular flexibility index (Phi) is 3.18. The number of hydrogen-bond acceptors (Lipinski definition) is 3. The summed E-state index contributed by atoms with van der Waals surface area (Å²) >= 11 is 0. The average molecular weight is 206 g/mol. The molecule has 5 heteroatoms. The molecule has 0 spiro atoms. The molecule has 0 radical (unpaired) electrons. The van der Waals surface area contributed by atoms with E-state index in [1.165, 1.54) is 0 Å². The molecule has 1 aliphatic carbocycles. The maximum atomic E-state index is 13.0. The summed E-state index contributed by atoms with van der Waals surface area (Å²) in [7, 11) is 0. The first-order chi connectivity index (χ1) is 6.48. The van der Waals surface area contributed by atoms with Crippen LogP contribution in [0.3, 0.4) is 0 Å². The van der Waals surface area contributed by atoms with Crippen LogP contribution in [0.5, 0.6) is 0 Å². The van der Waals surface area contributed by atoms with Gasteiger partial charge >= 0.3 is 11.9 Å². The van der Waals surface area contributed by atoms with Crippen LogP contribution >= 0.6 is 0 Å². The van der Waals surface area contributed by atoms with Crippen LogP contribution in [0.15, 0.2) is 0 Å². The molecule has 0 aliphatic heterocycles. The predicted octanol–water partition coefficient (Wildman–Crippen LogP) is 1.55. The van der Waals surface area contributed by atoms with Gasteiger partial charge in [-0.05, 0) is 19.8 Å². The zero-order valence-electron chi connectivity index (χ0n) is 7.89. The van der Waals surface area contributed by atoms with Gasteiger partial charge in [0.25, 0.3) is 0 Å². The molecule has 0 aromatic heterocycles. The van der Waals surface area contributed by atoms with Crippen LogP contribution < -0.4 is 0 Å². The molecule has 0 unspecified atom stereocenters. The molecule has 1 fully saturated rings. The van der Waals surface area contributed by atoms with Gasteiger partial charge in [-0.25, -0.2) is 0 Å². The number of hydrogen-bond donors (Lipinski definition) is 0.